The highest BCUT2D eigenvalue weighted by molar-refractivity contribution is 7.25. The van der Waals surface area contributed by atoms with E-state index in [-0.39, 0.29) is 10.8 Å². The summed E-state index contributed by atoms with van der Waals surface area (Å²) in [5, 5.41) is 15.6. The maximum absolute atomic E-state index is 2.64. The topological polar surface area (TPSA) is 14.8 Å². The van der Waals surface area contributed by atoms with E-state index in [0.717, 1.165) is 47.3 Å². The van der Waals surface area contributed by atoms with Crippen molar-refractivity contribution in [3.8, 4) is 61.6 Å². The summed E-state index contributed by atoms with van der Waals surface area (Å²) in [5.41, 5.74) is 29.2. The summed E-state index contributed by atoms with van der Waals surface area (Å²) >= 11 is 1.89. The maximum atomic E-state index is 2.64. The van der Waals surface area contributed by atoms with E-state index in [2.05, 4.69) is 323 Å². The number of hydrogen-bond acceptors (Lipinski definition) is 1. The van der Waals surface area contributed by atoms with E-state index in [4.69, 9.17) is 0 Å². The Morgan fingerprint density at radius 2 is 0.582 bits per heavy atom. The molecule has 0 amide bonds. The molecule has 4 heteroatoms. The molecule has 0 unspecified atom stereocenters. The van der Waals surface area contributed by atoms with Gasteiger partial charge in [-0.05, 0) is 298 Å². The number of para-hydroxylation sites is 3. The highest BCUT2D eigenvalue weighted by Crippen LogP contribution is 2.71. The van der Waals surface area contributed by atoms with E-state index in [0.29, 0.717) is 0 Å². The SMILES string of the molecule is c1ccc2c(c1)-c1ccc(-n3c4ccccc4c4cc(-c5ccc6c(c5)c5ccccc5n6-c5cc6ccccc6c6ccccc56)ccc43)cc1C21C2CC3CC(C2)CC1C3.c1ccc2c(c1)-c1ccc(-n3c4ccccc4c4cc(-c5ccc6sc7ccccc7c6c5)ccc43)cc1C21C2CC3CC(C2)CC1C3. The van der Waals surface area contributed by atoms with Crippen LogP contribution in [0.15, 0.2) is 309 Å². The number of benzene rings is 15. The minimum atomic E-state index is 0.143. The lowest BCUT2D eigenvalue weighted by Crippen LogP contribution is -2.55. The van der Waals surface area contributed by atoms with Gasteiger partial charge in [0.2, 0.25) is 0 Å². The Kier molecular flexibility index (Phi) is 12.6. The monoisotopic (exact) mass is 1430 g/mol. The van der Waals surface area contributed by atoms with Crippen molar-refractivity contribution in [1.29, 1.82) is 0 Å². The molecule has 0 N–H and O–H groups in total. The van der Waals surface area contributed by atoms with Gasteiger partial charge in [-0.25, -0.2) is 0 Å². The highest BCUT2D eigenvalue weighted by atomic mass is 32.1. The summed E-state index contributed by atoms with van der Waals surface area (Å²) in [6.45, 7) is 0. The van der Waals surface area contributed by atoms with Crippen LogP contribution in [0, 0.1) is 47.3 Å². The molecule has 524 valence electrons. The molecule has 10 aliphatic carbocycles. The molecule has 0 saturated heterocycles. The molecule has 8 bridgehead atoms. The number of hydrogen-bond donors (Lipinski definition) is 0. The van der Waals surface area contributed by atoms with Crippen LogP contribution in [0.3, 0.4) is 0 Å². The van der Waals surface area contributed by atoms with Crippen LogP contribution < -0.4 is 0 Å². The molecular weight excluding hydrogens is 1350 g/mol. The van der Waals surface area contributed by atoms with Gasteiger partial charge in [0, 0.05) is 80.1 Å². The van der Waals surface area contributed by atoms with Gasteiger partial charge in [-0.15, -0.1) is 11.3 Å². The third kappa shape index (κ3) is 8.24. The second-order valence-electron chi connectivity index (χ2n) is 34.6. The first-order valence-electron chi connectivity index (χ1n) is 40.9. The van der Waals surface area contributed by atoms with Crippen molar-refractivity contribution in [1.82, 2.24) is 13.7 Å². The standard InChI is InChI=1S/C60H44N2.C46H35NS/c1-2-12-44-40(11-1)34-59(48-15-4-3-13-45(44)48)62-56-20-10-7-17-50(56)52-33-39(22-26-58(52)62)38-21-25-57-51(32-38)49-16-6-9-19-55(49)61(57)43-23-24-47-46-14-5-8-18-53(46)60(54(47)35-43)41-28-36-27-37(30-41)31-42(60)29-36;1-4-10-40-34(7-1)35-16-15-33(26-41(35)46(40)31-20-27-19-28(22-31)23-32(46)21-27)47-42-11-5-2-8-36(42)38-24-29(13-17-43(38)47)30-14-18-45-39(25-30)37-9-3-6-12-44(37)48-45/h1-26,32-37,41-42H,27-31H2;1-18,24-28,31-32H,19-23H2. The van der Waals surface area contributed by atoms with Crippen molar-refractivity contribution < 1.29 is 0 Å². The van der Waals surface area contributed by atoms with Crippen LogP contribution in [-0.4, -0.2) is 13.7 Å². The molecule has 15 aromatic carbocycles. The highest BCUT2D eigenvalue weighted by Gasteiger charge is 2.63. The molecule has 19 aromatic rings. The Bertz CT molecular complexity index is 7170. The number of nitrogens with zero attached hydrogens (tertiary/aromatic N) is 3. The summed E-state index contributed by atoms with van der Waals surface area (Å²) < 4.78 is 10.3. The van der Waals surface area contributed by atoms with E-state index in [1.54, 1.807) is 22.3 Å². The molecule has 0 aliphatic heterocycles. The van der Waals surface area contributed by atoms with Gasteiger partial charge in [0.1, 0.15) is 0 Å². The van der Waals surface area contributed by atoms with Gasteiger partial charge in [0.25, 0.3) is 0 Å². The Labute approximate surface area is 643 Å². The second kappa shape index (κ2) is 22.6. The number of fused-ring (bicyclic) bond motifs is 21. The van der Waals surface area contributed by atoms with Gasteiger partial charge in [-0.1, -0.05) is 206 Å². The van der Waals surface area contributed by atoms with Gasteiger partial charge in [-0.2, -0.15) is 0 Å². The van der Waals surface area contributed by atoms with Crippen LogP contribution in [0.4, 0.5) is 0 Å². The van der Waals surface area contributed by atoms with E-state index in [1.165, 1.54) is 233 Å². The number of rotatable bonds is 5. The molecule has 10 aliphatic rings. The average molecular weight is 1430 g/mol. The van der Waals surface area contributed by atoms with E-state index in [1.807, 2.05) is 11.3 Å². The Balaban J connectivity index is 0.000000127. The molecule has 4 aromatic heterocycles. The van der Waals surface area contributed by atoms with Gasteiger partial charge >= 0.3 is 0 Å². The quantitative estimate of drug-likeness (QED) is 0.153. The Morgan fingerprint density at radius 1 is 0.227 bits per heavy atom. The average Bonchev–Trinajstić information content (AvgIpc) is 1.37. The van der Waals surface area contributed by atoms with Crippen LogP contribution in [0.2, 0.25) is 0 Å². The van der Waals surface area contributed by atoms with Crippen LogP contribution in [0.1, 0.15) is 86.5 Å². The van der Waals surface area contributed by atoms with Crippen LogP contribution in [-0.2, 0) is 10.8 Å². The van der Waals surface area contributed by atoms with Gasteiger partial charge in [0.15, 0.2) is 0 Å². The van der Waals surface area contributed by atoms with Crippen molar-refractivity contribution in [3.63, 3.8) is 0 Å². The van der Waals surface area contributed by atoms with Gasteiger partial charge in [0.05, 0.1) is 38.8 Å². The molecular formula is C106H79N3S. The van der Waals surface area contributed by atoms with Crippen molar-refractivity contribution in [2.24, 2.45) is 47.3 Å². The zero-order chi connectivity index (χ0) is 71.4. The molecule has 110 heavy (non-hydrogen) atoms. The summed E-state index contributed by atoms with van der Waals surface area (Å²) in [4.78, 5) is 0. The minimum absolute atomic E-state index is 0.143. The van der Waals surface area contributed by atoms with Crippen molar-refractivity contribution in [2.45, 2.75) is 75.0 Å². The summed E-state index contributed by atoms with van der Waals surface area (Å²) in [5.74, 6) is 6.78. The molecule has 3 nitrogen and oxygen atoms in total. The van der Waals surface area contributed by atoms with E-state index in [9.17, 15) is 0 Å². The third-order valence-corrected chi connectivity index (χ3v) is 30.8. The first-order valence-corrected chi connectivity index (χ1v) is 41.7. The van der Waals surface area contributed by atoms with Gasteiger partial charge in [-0.3, -0.25) is 0 Å². The number of aromatic nitrogens is 3. The molecule has 4 heterocycles. The van der Waals surface area contributed by atoms with Crippen molar-refractivity contribution in [3.05, 3.63) is 332 Å². The lowest BCUT2D eigenvalue weighted by atomic mass is 9.43. The molecule has 0 radical (unpaired) electrons. The fourth-order valence-corrected chi connectivity index (χ4v) is 27.0. The fraction of sp³-hybridized carbons (Fsp3) is 0.189. The summed E-state index contributed by atoms with van der Waals surface area (Å²) in [7, 11) is 0. The number of thiophene rings is 1. The Hall–Kier alpha value is -11.6. The van der Waals surface area contributed by atoms with Crippen molar-refractivity contribution >= 4 is 118 Å². The predicted octanol–water partition coefficient (Wildman–Crippen LogP) is 28.1. The maximum Gasteiger partial charge on any atom is 0.0546 e. The predicted molar refractivity (Wildman–Crippen MR) is 461 cm³/mol. The smallest absolute Gasteiger partial charge is 0.0546 e. The zero-order valence-electron chi connectivity index (χ0n) is 61.4. The third-order valence-electron chi connectivity index (χ3n) is 29.6. The molecule has 29 rings (SSSR count). The first kappa shape index (κ1) is 61.3. The second-order valence-corrected chi connectivity index (χ2v) is 35.7. The lowest BCUT2D eigenvalue weighted by Gasteiger charge is -2.61. The van der Waals surface area contributed by atoms with Crippen LogP contribution in [0.5, 0.6) is 0 Å². The van der Waals surface area contributed by atoms with Crippen LogP contribution >= 0.6 is 11.3 Å². The fourth-order valence-electron chi connectivity index (χ4n) is 26.0. The van der Waals surface area contributed by atoms with E-state index < -0.39 is 0 Å². The zero-order valence-corrected chi connectivity index (χ0v) is 62.2. The largest absolute Gasteiger partial charge is 0.309 e. The summed E-state index contributed by atoms with van der Waals surface area (Å²) in [6, 6.07) is 118. The minimum Gasteiger partial charge on any atom is -0.309 e. The normalized spacial score (nSPS) is 23.5. The first-order chi connectivity index (χ1) is 54.4. The van der Waals surface area contributed by atoms with E-state index >= 15 is 0 Å². The molecule has 2 spiro atoms. The van der Waals surface area contributed by atoms with Gasteiger partial charge < -0.3 is 13.7 Å². The van der Waals surface area contributed by atoms with Crippen molar-refractivity contribution in [2.75, 3.05) is 0 Å². The lowest BCUT2D eigenvalue weighted by molar-refractivity contribution is -0.0399. The summed E-state index contributed by atoms with van der Waals surface area (Å²) in [6.07, 6.45) is 14.2. The molecule has 0 atom stereocenters. The molecule has 8 fully saturated rings. The van der Waals surface area contributed by atoms with Crippen LogP contribution in [0.25, 0.3) is 169 Å². The Morgan fingerprint density at radius 3 is 1.08 bits per heavy atom. The molecule has 8 saturated carbocycles.